The molecule has 0 aliphatic rings. The summed E-state index contributed by atoms with van der Waals surface area (Å²) in [6.07, 6.45) is 1.69. The average molecular weight is 254 g/mol. The van der Waals surface area contributed by atoms with Crippen LogP contribution in [0.15, 0.2) is 30.5 Å². The second-order valence-corrected chi connectivity index (χ2v) is 4.43. The van der Waals surface area contributed by atoms with Crippen LogP contribution in [0.2, 0.25) is 0 Å². The van der Waals surface area contributed by atoms with Crippen LogP contribution < -0.4 is 0 Å². The Kier molecular flexibility index (Phi) is 2.76. The summed E-state index contributed by atoms with van der Waals surface area (Å²) < 4.78 is 1.73. The van der Waals surface area contributed by atoms with E-state index < -0.39 is 0 Å². The van der Waals surface area contributed by atoms with Crippen LogP contribution in [0, 0.1) is 13.8 Å². The maximum Gasteiger partial charge on any atom is 0.163 e. The number of rotatable bonds is 2. The van der Waals surface area contributed by atoms with Crippen molar-refractivity contribution in [2.75, 3.05) is 0 Å². The molecular weight excluding hydrogens is 240 g/mol. The monoisotopic (exact) mass is 254 g/mol. The number of nitrogens with zero attached hydrogens (tertiary/aromatic N) is 4. The molecule has 3 rings (SSSR count). The van der Waals surface area contributed by atoms with Crippen molar-refractivity contribution < 1.29 is 5.11 Å². The van der Waals surface area contributed by atoms with Gasteiger partial charge >= 0.3 is 0 Å². The van der Waals surface area contributed by atoms with Crippen molar-refractivity contribution in [2.45, 2.75) is 20.5 Å². The second-order valence-electron chi connectivity index (χ2n) is 4.43. The van der Waals surface area contributed by atoms with Crippen molar-refractivity contribution in [3.8, 4) is 5.82 Å². The number of aromatic nitrogens is 4. The SMILES string of the molecule is Cc1nc(C)n(-c2ncc(CO)c3ccccc23)n1. The van der Waals surface area contributed by atoms with Crippen molar-refractivity contribution >= 4 is 10.8 Å². The van der Waals surface area contributed by atoms with Crippen LogP contribution in [0.5, 0.6) is 0 Å². The van der Waals surface area contributed by atoms with E-state index in [1.54, 1.807) is 10.9 Å². The molecule has 0 aliphatic heterocycles. The Labute approximate surface area is 110 Å². The van der Waals surface area contributed by atoms with Gasteiger partial charge in [-0.2, -0.15) is 4.68 Å². The molecule has 5 nitrogen and oxygen atoms in total. The van der Waals surface area contributed by atoms with Gasteiger partial charge < -0.3 is 5.11 Å². The zero-order valence-corrected chi connectivity index (χ0v) is 10.8. The molecule has 0 unspecified atom stereocenters. The van der Waals surface area contributed by atoms with E-state index in [1.165, 1.54) is 0 Å². The molecule has 0 radical (unpaired) electrons. The van der Waals surface area contributed by atoms with Gasteiger partial charge in [-0.15, -0.1) is 5.10 Å². The van der Waals surface area contributed by atoms with E-state index >= 15 is 0 Å². The first-order valence-electron chi connectivity index (χ1n) is 6.09. The fraction of sp³-hybridized carbons (Fsp3) is 0.214. The third-order valence-electron chi connectivity index (χ3n) is 3.10. The lowest BCUT2D eigenvalue weighted by atomic mass is 10.1. The summed E-state index contributed by atoms with van der Waals surface area (Å²) >= 11 is 0. The Bertz CT molecular complexity index is 748. The summed E-state index contributed by atoms with van der Waals surface area (Å²) in [7, 11) is 0. The number of aliphatic hydroxyl groups is 1. The number of hydrogen-bond acceptors (Lipinski definition) is 4. The number of hydrogen-bond donors (Lipinski definition) is 1. The molecule has 96 valence electrons. The highest BCUT2D eigenvalue weighted by Gasteiger charge is 2.12. The largest absolute Gasteiger partial charge is 0.392 e. The summed E-state index contributed by atoms with van der Waals surface area (Å²) in [5.74, 6) is 2.26. The summed E-state index contributed by atoms with van der Waals surface area (Å²) in [5, 5.41) is 15.7. The van der Waals surface area contributed by atoms with Gasteiger partial charge in [0.25, 0.3) is 0 Å². The molecule has 5 heteroatoms. The minimum atomic E-state index is -0.0246. The van der Waals surface area contributed by atoms with Gasteiger partial charge in [0.15, 0.2) is 5.82 Å². The first-order valence-corrected chi connectivity index (χ1v) is 6.09. The van der Waals surface area contributed by atoms with Crippen molar-refractivity contribution in [1.82, 2.24) is 19.7 Å². The fourth-order valence-corrected chi connectivity index (χ4v) is 2.25. The Balaban J connectivity index is 2.34. The third-order valence-corrected chi connectivity index (χ3v) is 3.10. The molecule has 0 spiro atoms. The zero-order chi connectivity index (χ0) is 13.4. The van der Waals surface area contributed by atoms with E-state index in [0.717, 1.165) is 33.8 Å². The normalized spacial score (nSPS) is 11.1. The number of fused-ring (bicyclic) bond motifs is 1. The van der Waals surface area contributed by atoms with Crippen LogP contribution >= 0.6 is 0 Å². The minimum absolute atomic E-state index is 0.0246. The van der Waals surface area contributed by atoms with E-state index in [-0.39, 0.29) is 6.61 Å². The number of aliphatic hydroxyl groups excluding tert-OH is 1. The highest BCUT2D eigenvalue weighted by Crippen LogP contribution is 2.23. The molecule has 0 saturated carbocycles. The quantitative estimate of drug-likeness (QED) is 0.759. The van der Waals surface area contributed by atoms with Crippen molar-refractivity contribution in [3.63, 3.8) is 0 Å². The molecule has 0 amide bonds. The third kappa shape index (κ3) is 1.88. The number of pyridine rings is 1. The lowest BCUT2D eigenvalue weighted by Gasteiger charge is -2.09. The lowest BCUT2D eigenvalue weighted by molar-refractivity contribution is 0.283. The van der Waals surface area contributed by atoms with Crippen LogP contribution in [0.3, 0.4) is 0 Å². The Hall–Kier alpha value is -2.27. The summed E-state index contributed by atoms with van der Waals surface area (Å²) in [6.45, 7) is 3.73. The van der Waals surface area contributed by atoms with E-state index in [2.05, 4.69) is 15.1 Å². The highest BCUT2D eigenvalue weighted by atomic mass is 16.3. The second kappa shape index (κ2) is 4.44. The summed E-state index contributed by atoms with van der Waals surface area (Å²) in [6, 6.07) is 7.86. The van der Waals surface area contributed by atoms with Crippen LogP contribution in [0.4, 0.5) is 0 Å². The number of benzene rings is 1. The van der Waals surface area contributed by atoms with Gasteiger partial charge in [-0.1, -0.05) is 24.3 Å². The molecule has 3 aromatic rings. The first kappa shape index (κ1) is 11.8. The molecule has 2 aromatic heterocycles. The summed E-state index contributed by atoms with van der Waals surface area (Å²) in [5.41, 5.74) is 0.814. The predicted octanol–water partition coefficient (Wildman–Crippen LogP) is 1.92. The van der Waals surface area contributed by atoms with Gasteiger partial charge in [0.1, 0.15) is 11.6 Å². The van der Waals surface area contributed by atoms with Crippen LogP contribution in [-0.4, -0.2) is 24.9 Å². The first-order chi connectivity index (χ1) is 9.20. The molecule has 1 aromatic carbocycles. The topological polar surface area (TPSA) is 63.8 Å². The van der Waals surface area contributed by atoms with E-state index in [0.29, 0.717) is 0 Å². The Morgan fingerprint density at radius 3 is 2.53 bits per heavy atom. The standard InChI is InChI=1S/C14H14N4O/c1-9-16-10(2)18(17-9)14-13-6-4-3-5-12(13)11(8-19)7-15-14/h3-7,19H,8H2,1-2H3. The molecule has 0 saturated heterocycles. The average Bonchev–Trinajstić information content (AvgIpc) is 2.76. The molecule has 0 fully saturated rings. The van der Waals surface area contributed by atoms with Gasteiger partial charge in [-0.05, 0) is 19.2 Å². The fourth-order valence-electron chi connectivity index (χ4n) is 2.25. The molecule has 19 heavy (non-hydrogen) atoms. The van der Waals surface area contributed by atoms with Crippen LogP contribution in [0.1, 0.15) is 17.2 Å². The molecule has 2 heterocycles. The van der Waals surface area contributed by atoms with Crippen LogP contribution in [-0.2, 0) is 6.61 Å². The zero-order valence-electron chi connectivity index (χ0n) is 10.8. The Morgan fingerprint density at radius 2 is 1.89 bits per heavy atom. The highest BCUT2D eigenvalue weighted by molar-refractivity contribution is 5.90. The minimum Gasteiger partial charge on any atom is -0.392 e. The lowest BCUT2D eigenvalue weighted by Crippen LogP contribution is -2.04. The van der Waals surface area contributed by atoms with Gasteiger partial charge in [0, 0.05) is 17.1 Å². The Morgan fingerprint density at radius 1 is 1.16 bits per heavy atom. The van der Waals surface area contributed by atoms with E-state index in [4.69, 9.17) is 0 Å². The summed E-state index contributed by atoms with van der Waals surface area (Å²) in [4.78, 5) is 8.72. The van der Waals surface area contributed by atoms with E-state index in [9.17, 15) is 5.11 Å². The van der Waals surface area contributed by atoms with Crippen molar-refractivity contribution in [3.05, 3.63) is 47.7 Å². The predicted molar refractivity (Wildman–Crippen MR) is 72.1 cm³/mol. The smallest absolute Gasteiger partial charge is 0.163 e. The van der Waals surface area contributed by atoms with Crippen LogP contribution in [0.25, 0.3) is 16.6 Å². The van der Waals surface area contributed by atoms with E-state index in [1.807, 2.05) is 38.1 Å². The van der Waals surface area contributed by atoms with Crippen molar-refractivity contribution in [2.24, 2.45) is 0 Å². The molecular formula is C14H14N4O. The van der Waals surface area contributed by atoms with Gasteiger partial charge in [0.05, 0.1) is 6.61 Å². The van der Waals surface area contributed by atoms with Crippen molar-refractivity contribution in [1.29, 1.82) is 0 Å². The molecule has 1 N–H and O–H groups in total. The molecule has 0 aliphatic carbocycles. The maximum atomic E-state index is 9.38. The van der Waals surface area contributed by atoms with Gasteiger partial charge in [-0.3, -0.25) is 0 Å². The maximum absolute atomic E-state index is 9.38. The van der Waals surface area contributed by atoms with Gasteiger partial charge in [0.2, 0.25) is 0 Å². The van der Waals surface area contributed by atoms with Gasteiger partial charge in [-0.25, -0.2) is 9.97 Å². The number of aryl methyl sites for hydroxylation is 2. The molecule has 0 bridgehead atoms. The molecule has 0 atom stereocenters.